The molecule has 0 saturated heterocycles. The number of nitrogens with zero attached hydrogens (tertiary/aromatic N) is 4. The van der Waals surface area contributed by atoms with Gasteiger partial charge in [-0.3, -0.25) is 14.2 Å². The molecule has 0 radical (unpaired) electrons. The number of amides is 1. The lowest BCUT2D eigenvalue weighted by atomic mass is 10.1. The van der Waals surface area contributed by atoms with Crippen molar-refractivity contribution in [2.45, 2.75) is 32.4 Å². The van der Waals surface area contributed by atoms with Crippen LogP contribution in [0.15, 0.2) is 72.9 Å². The monoisotopic (exact) mass is 536 g/mol. The molecule has 0 bridgehead atoms. The molecule has 0 aliphatic heterocycles. The largest absolute Gasteiger partial charge is 0.507 e. The third-order valence-electron chi connectivity index (χ3n) is 6.48. The SMILES string of the molecule is CC(C)(O)c1ccc2nc(-c3cccnc3N)n(-c3ccc(CNC(=O)Cc4ccc(C=O)c(O)c4)cc3)c2n1. The number of aldehydes is 1. The van der Waals surface area contributed by atoms with Gasteiger partial charge in [0.15, 0.2) is 17.8 Å². The third kappa shape index (κ3) is 5.38. The second kappa shape index (κ2) is 10.6. The summed E-state index contributed by atoms with van der Waals surface area (Å²) in [5.74, 6) is 0.515. The molecule has 0 aliphatic rings. The number of pyridine rings is 2. The molecular formula is C30H28N6O4. The number of nitrogens with one attached hydrogen (secondary N) is 1. The molecule has 40 heavy (non-hydrogen) atoms. The van der Waals surface area contributed by atoms with Crippen molar-refractivity contribution in [3.05, 3.63) is 95.3 Å². The molecule has 0 aliphatic carbocycles. The van der Waals surface area contributed by atoms with Crippen molar-refractivity contribution in [3.8, 4) is 22.8 Å². The minimum absolute atomic E-state index is 0.0664. The predicted octanol–water partition coefficient (Wildman–Crippen LogP) is 3.67. The Morgan fingerprint density at radius 3 is 2.48 bits per heavy atom. The van der Waals surface area contributed by atoms with E-state index in [-0.39, 0.29) is 23.6 Å². The third-order valence-corrected chi connectivity index (χ3v) is 6.48. The van der Waals surface area contributed by atoms with Gasteiger partial charge in [-0.15, -0.1) is 0 Å². The van der Waals surface area contributed by atoms with Crippen LogP contribution in [0.3, 0.4) is 0 Å². The van der Waals surface area contributed by atoms with Gasteiger partial charge in [-0.2, -0.15) is 0 Å². The Labute approximate surface area is 230 Å². The van der Waals surface area contributed by atoms with Crippen LogP contribution in [-0.4, -0.2) is 41.9 Å². The highest BCUT2D eigenvalue weighted by atomic mass is 16.3. The molecule has 0 spiro atoms. The number of hydrogen-bond acceptors (Lipinski definition) is 8. The molecule has 10 heteroatoms. The number of aromatic hydroxyl groups is 1. The molecule has 5 aromatic rings. The molecule has 5 N–H and O–H groups in total. The van der Waals surface area contributed by atoms with Gasteiger partial charge in [0.1, 0.15) is 22.7 Å². The number of carbonyl (C=O) groups is 2. The first-order valence-electron chi connectivity index (χ1n) is 12.6. The number of imidazole rings is 1. The maximum atomic E-state index is 12.5. The lowest BCUT2D eigenvalue weighted by Crippen LogP contribution is -2.24. The van der Waals surface area contributed by atoms with Crippen molar-refractivity contribution < 1.29 is 19.8 Å². The van der Waals surface area contributed by atoms with Crippen LogP contribution in [0.1, 0.15) is 41.0 Å². The fourth-order valence-electron chi connectivity index (χ4n) is 4.34. The molecule has 0 saturated carbocycles. The number of aliphatic hydroxyl groups is 1. The highest BCUT2D eigenvalue weighted by molar-refractivity contribution is 5.83. The van der Waals surface area contributed by atoms with Crippen LogP contribution < -0.4 is 11.1 Å². The number of phenolic OH excluding ortho intramolecular Hbond substituents is 1. The number of fused-ring (bicyclic) bond motifs is 1. The van der Waals surface area contributed by atoms with E-state index >= 15 is 0 Å². The number of anilines is 1. The maximum Gasteiger partial charge on any atom is 0.224 e. The quantitative estimate of drug-likeness (QED) is 0.219. The Balaban J connectivity index is 1.42. The van der Waals surface area contributed by atoms with Crippen LogP contribution in [0.25, 0.3) is 28.2 Å². The van der Waals surface area contributed by atoms with E-state index in [0.29, 0.717) is 52.5 Å². The number of phenols is 1. The fraction of sp³-hybridized carbons (Fsp3) is 0.167. The standard InChI is InChI=1S/C30H28N6O4/c1-30(2,40)25-12-11-23-29(35-25)36(28(34-23)22-4-3-13-32-27(22)31)21-9-6-18(7-10-21)16-33-26(39)15-19-5-8-20(17-37)24(38)14-19/h3-14,17,38,40H,15-16H2,1-2H3,(H2,31,32)(H,33,39). The Morgan fingerprint density at radius 2 is 1.80 bits per heavy atom. The molecule has 5 rings (SSSR count). The second-order valence-electron chi connectivity index (χ2n) is 9.94. The van der Waals surface area contributed by atoms with Crippen LogP contribution in [-0.2, 0) is 23.4 Å². The van der Waals surface area contributed by atoms with Crippen molar-refractivity contribution in [1.82, 2.24) is 24.8 Å². The van der Waals surface area contributed by atoms with Crippen LogP contribution in [0, 0.1) is 0 Å². The summed E-state index contributed by atoms with van der Waals surface area (Å²) in [7, 11) is 0. The van der Waals surface area contributed by atoms with Gasteiger partial charge < -0.3 is 21.3 Å². The zero-order chi connectivity index (χ0) is 28.4. The minimum atomic E-state index is -1.14. The second-order valence-corrected chi connectivity index (χ2v) is 9.94. The van der Waals surface area contributed by atoms with Gasteiger partial charge in [0.2, 0.25) is 5.91 Å². The van der Waals surface area contributed by atoms with Crippen molar-refractivity contribution in [1.29, 1.82) is 0 Å². The van der Waals surface area contributed by atoms with Crippen molar-refractivity contribution in [2.75, 3.05) is 5.73 Å². The number of hydrogen-bond donors (Lipinski definition) is 4. The van der Waals surface area contributed by atoms with Crippen LogP contribution in [0.4, 0.5) is 5.82 Å². The molecule has 2 aromatic carbocycles. The van der Waals surface area contributed by atoms with E-state index in [2.05, 4.69) is 10.3 Å². The smallest absolute Gasteiger partial charge is 0.224 e. The van der Waals surface area contributed by atoms with Gasteiger partial charge in [-0.25, -0.2) is 15.0 Å². The molecule has 202 valence electrons. The van der Waals surface area contributed by atoms with Gasteiger partial charge >= 0.3 is 0 Å². The van der Waals surface area contributed by atoms with E-state index in [1.54, 1.807) is 38.2 Å². The molecule has 3 aromatic heterocycles. The normalized spacial score (nSPS) is 11.5. The lowest BCUT2D eigenvalue weighted by molar-refractivity contribution is -0.120. The van der Waals surface area contributed by atoms with E-state index < -0.39 is 5.60 Å². The highest BCUT2D eigenvalue weighted by Crippen LogP contribution is 2.31. The Kier molecular flexibility index (Phi) is 7.02. The fourth-order valence-corrected chi connectivity index (χ4v) is 4.34. The van der Waals surface area contributed by atoms with E-state index in [1.807, 2.05) is 41.0 Å². The van der Waals surface area contributed by atoms with E-state index in [9.17, 15) is 19.8 Å². The Hall–Kier alpha value is -5.09. The number of benzene rings is 2. The summed E-state index contributed by atoms with van der Waals surface area (Å²) in [6.45, 7) is 3.65. The zero-order valence-corrected chi connectivity index (χ0v) is 22.0. The van der Waals surface area contributed by atoms with E-state index in [4.69, 9.17) is 15.7 Å². The van der Waals surface area contributed by atoms with Gasteiger partial charge in [-0.1, -0.05) is 18.2 Å². The number of aromatic nitrogens is 4. The summed E-state index contributed by atoms with van der Waals surface area (Å²) < 4.78 is 1.87. The van der Waals surface area contributed by atoms with Crippen molar-refractivity contribution >= 4 is 29.2 Å². The summed E-state index contributed by atoms with van der Waals surface area (Å²) >= 11 is 0. The zero-order valence-electron chi connectivity index (χ0n) is 22.0. The topological polar surface area (TPSA) is 156 Å². The summed E-state index contributed by atoms with van der Waals surface area (Å²) in [5.41, 5.74) is 9.80. The van der Waals surface area contributed by atoms with Crippen LogP contribution in [0.2, 0.25) is 0 Å². The van der Waals surface area contributed by atoms with Gasteiger partial charge in [-0.05, 0) is 73.5 Å². The molecule has 10 nitrogen and oxygen atoms in total. The van der Waals surface area contributed by atoms with Gasteiger partial charge in [0.25, 0.3) is 0 Å². The minimum Gasteiger partial charge on any atom is -0.507 e. The lowest BCUT2D eigenvalue weighted by Gasteiger charge is -2.17. The summed E-state index contributed by atoms with van der Waals surface area (Å²) in [4.78, 5) is 37.1. The molecule has 1 amide bonds. The first-order valence-corrected chi connectivity index (χ1v) is 12.6. The van der Waals surface area contributed by atoms with Crippen LogP contribution in [0.5, 0.6) is 5.75 Å². The Bertz CT molecular complexity index is 1720. The van der Waals surface area contributed by atoms with Crippen LogP contribution >= 0.6 is 0 Å². The summed E-state index contributed by atoms with van der Waals surface area (Å²) in [6, 6.07) is 19.3. The molecule has 0 atom stereocenters. The van der Waals surface area contributed by atoms with Crippen molar-refractivity contribution in [2.24, 2.45) is 0 Å². The molecule has 3 heterocycles. The average molecular weight is 537 g/mol. The first kappa shape index (κ1) is 26.5. The van der Waals surface area contributed by atoms with E-state index in [1.165, 1.54) is 12.1 Å². The average Bonchev–Trinajstić information content (AvgIpc) is 3.31. The number of nitrogen functional groups attached to an aromatic ring is 1. The summed E-state index contributed by atoms with van der Waals surface area (Å²) in [6.07, 6.45) is 2.24. The van der Waals surface area contributed by atoms with Gasteiger partial charge in [0, 0.05) is 18.4 Å². The number of carbonyl (C=O) groups excluding carboxylic acids is 2. The van der Waals surface area contributed by atoms with Crippen molar-refractivity contribution in [3.63, 3.8) is 0 Å². The van der Waals surface area contributed by atoms with Gasteiger partial charge in [0.05, 0.1) is 23.2 Å². The predicted molar refractivity (Wildman–Crippen MR) is 151 cm³/mol. The first-order chi connectivity index (χ1) is 19.1. The number of rotatable bonds is 8. The molecule has 0 fully saturated rings. The molecular weight excluding hydrogens is 508 g/mol. The van der Waals surface area contributed by atoms with E-state index in [0.717, 1.165) is 11.3 Å². The molecule has 0 unspecified atom stereocenters. The maximum absolute atomic E-state index is 12.5. The highest BCUT2D eigenvalue weighted by Gasteiger charge is 2.22. The summed E-state index contributed by atoms with van der Waals surface area (Å²) in [5, 5.41) is 23.3. The Morgan fingerprint density at radius 1 is 1.05 bits per heavy atom. The number of nitrogens with two attached hydrogens (primary N) is 1.